The van der Waals surface area contributed by atoms with Gasteiger partial charge in [-0.25, -0.2) is 0 Å². The lowest BCUT2D eigenvalue weighted by molar-refractivity contribution is -0.117. The van der Waals surface area contributed by atoms with Gasteiger partial charge in [0, 0.05) is 30.5 Å². The van der Waals surface area contributed by atoms with E-state index in [2.05, 4.69) is 15.7 Å². The predicted molar refractivity (Wildman–Crippen MR) is 78.3 cm³/mol. The molecule has 5 nitrogen and oxygen atoms in total. The highest BCUT2D eigenvalue weighted by Crippen LogP contribution is 2.30. The van der Waals surface area contributed by atoms with Gasteiger partial charge in [-0.2, -0.15) is 5.10 Å². The van der Waals surface area contributed by atoms with E-state index in [1.54, 1.807) is 6.20 Å². The Morgan fingerprint density at radius 3 is 2.85 bits per heavy atom. The molecule has 1 aliphatic carbocycles. The molecule has 1 aliphatic rings. The molecule has 2 N–H and O–H groups in total. The molecule has 3 rings (SSSR count). The molecular weight excluding hydrogens is 252 g/mol. The molecule has 0 radical (unpaired) electrons. The summed E-state index contributed by atoms with van der Waals surface area (Å²) in [7, 11) is 1.92. The van der Waals surface area contributed by atoms with Crippen LogP contribution in [0.2, 0.25) is 0 Å². The lowest BCUT2D eigenvalue weighted by Crippen LogP contribution is -2.13. The molecule has 0 saturated heterocycles. The summed E-state index contributed by atoms with van der Waals surface area (Å²) in [6, 6.07) is 9.77. The molecule has 0 atom stereocenters. The van der Waals surface area contributed by atoms with Crippen LogP contribution in [-0.4, -0.2) is 15.7 Å². The van der Waals surface area contributed by atoms with Gasteiger partial charge in [0.2, 0.25) is 5.91 Å². The molecule has 1 aromatic heterocycles. The molecule has 104 valence electrons. The normalized spacial score (nSPS) is 14.1. The Kier molecular flexibility index (Phi) is 3.41. The molecule has 0 spiro atoms. The van der Waals surface area contributed by atoms with E-state index in [9.17, 15) is 4.79 Å². The number of hydrogen-bond donors (Lipinski definition) is 2. The van der Waals surface area contributed by atoms with Gasteiger partial charge in [0.25, 0.3) is 0 Å². The smallest absolute Gasteiger partial charge is 0.227 e. The van der Waals surface area contributed by atoms with Crippen molar-refractivity contribution in [3.63, 3.8) is 0 Å². The Balaban J connectivity index is 1.62. The lowest BCUT2D eigenvalue weighted by atomic mass is 10.2. The van der Waals surface area contributed by atoms with Gasteiger partial charge in [-0.3, -0.25) is 9.48 Å². The number of benzene rings is 1. The second-order valence-corrected chi connectivity index (χ2v) is 5.14. The largest absolute Gasteiger partial charge is 0.379 e. The quantitative estimate of drug-likeness (QED) is 0.877. The van der Waals surface area contributed by atoms with Crippen LogP contribution in [0.25, 0.3) is 0 Å². The van der Waals surface area contributed by atoms with Crippen molar-refractivity contribution in [2.45, 2.75) is 19.4 Å². The van der Waals surface area contributed by atoms with Gasteiger partial charge in [-0.05, 0) is 37.1 Å². The molecule has 20 heavy (non-hydrogen) atoms. The second-order valence-electron chi connectivity index (χ2n) is 5.14. The Bertz CT molecular complexity index is 616. The number of carbonyl (C=O) groups excluding carboxylic acids is 1. The number of nitrogens with zero attached hydrogens (tertiary/aromatic N) is 2. The maximum absolute atomic E-state index is 11.7. The van der Waals surface area contributed by atoms with Gasteiger partial charge >= 0.3 is 0 Å². The van der Waals surface area contributed by atoms with Crippen molar-refractivity contribution in [1.82, 2.24) is 9.78 Å². The summed E-state index contributed by atoms with van der Waals surface area (Å²) >= 11 is 0. The van der Waals surface area contributed by atoms with Gasteiger partial charge in [-0.15, -0.1) is 0 Å². The average molecular weight is 270 g/mol. The fourth-order valence-corrected chi connectivity index (χ4v) is 2.06. The Hall–Kier alpha value is -2.30. The van der Waals surface area contributed by atoms with Crippen LogP contribution in [0.3, 0.4) is 0 Å². The first-order chi connectivity index (χ1) is 9.72. The number of aromatic nitrogens is 2. The number of hydrogen-bond acceptors (Lipinski definition) is 3. The average Bonchev–Trinajstić information content (AvgIpc) is 3.21. The van der Waals surface area contributed by atoms with E-state index in [1.807, 2.05) is 42.1 Å². The number of carbonyl (C=O) groups is 1. The fourth-order valence-electron chi connectivity index (χ4n) is 2.06. The highest BCUT2D eigenvalue weighted by Gasteiger charge is 2.29. The summed E-state index contributed by atoms with van der Waals surface area (Å²) < 4.78 is 1.84. The first-order valence-electron chi connectivity index (χ1n) is 6.84. The van der Waals surface area contributed by atoms with Crippen LogP contribution in [0.15, 0.2) is 36.5 Å². The number of aryl methyl sites for hydroxylation is 1. The molecule has 0 unspecified atom stereocenters. The topological polar surface area (TPSA) is 59.0 Å². The highest BCUT2D eigenvalue weighted by atomic mass is 16.2. The van der Waals surface area contributed by atoms with E-state index < -0.39 is 0 Å². The van der Waals surface area contributed by atoms with Crippen LogP contribution in [-0.2, 0) is 18.4 Å². The van der Waals surface area contributed by atoms with Gasteiger partial charge < -0.3 is 10.6 Å². The maximum atomic E-state index is 11.7. The number of rotatable bonds is 5. The lowest BCUT2D eigenvalue weighted by Gasteiger charge is -2.09. The van der Waals surface area contributed by atoms with E-state index >= 15 is 0 Å². The molecule has 1 amide bonds. The van der Waals surface area contributed by atoms with Crippen LogP contribution in [0.4, 0.5) is 11.4 Å². The Labute approximate surface area is 118 Å². The third-order valence-electron chi connectivity index (χ3n) is 3.47. The second kappa shape index (κ2) is 5.36. The molecule has 2 aromatic rings. The van der Waals surface area contributed by atoms with E-state index in [-0.39, 0.29) is 11.8 Å². The van der Waals surface area contributed by atoms with E-state index in [0.717, 1.165) is 29.9 Å². The zero-order valence-electron chi connectivity index (χ0n) is 11.5. The molecule has 1 heterocycles. The molecule has 0 aliphatic heterocycles. The maximum Gasteiger partial charge on any atom is 0.227 e. The van der Waals surface area contributed by atoms with Crippen LogP contribution in [0.5, 0.6) is 0 Å². The monoisotopic (exact) mass is 270 g/mol. The van der Waals surface area contributed by atoms with Gasteiger partial charge in [0.15, 0.2) is 0 Å². The first kappa shape index (κ1) is 12.7. The van der Waals surface area contributed by atoms with Crippen molar-refractivity contribution in [2.24, 2.45) is 13.0 Å². The summed E-state index contributed by atoms with van der Waals surface area (Å²) in [5.74, 6) is 0.356. The van der Waals surface area contributed by atoms with Gasteiger partial charge in [-0.1, -0.05) is 6.07 Å². The summed E-state index contributed by atoms with van der Waals surface area (Å²) in [5.41, 5.74) is 2.94. The van der Waals surface area contributed by atoms with E-state index in [0.29, 0.717) is 6.54 Å². The van der Waals surface area contributed by atoms with E-state index in [1.165, 1.54) is 0 Å². The van der Waals surface area contributed by atoms with Crippen molar-refractivity contribution in [3.8, 4) is 0 Å². The Morgan fingerprint density at radius 2 is 2.15 bits per heavy atom. The van der Waals surface area contributed by atoms with Crippen molar-refractivity contribution in [3.05, 3.63) is 42.2 Å². The summed E-state index contributed by atoms with van der Waals surface area (Å²) in [6.07, 6.45) is 3.82. The van der Waals surface area contributed by atoms with Gasteiger partial charge in [0.1, 0.15) is 0 Å². The first-order valence-corrected chi connectivity index (χ1v) is 6.84. The molecule has 1 fully saturated rings. The zero-order chi connectivity index (χ0) is 13.9. The van der Waals surface area contributed by atoms with Crippen molar-refractivity contribution < 1.29 is 4.79 Å². The van der Waals surface area contributed by atoms with Crippen molar-refractivity contribution in [2.75, 3.05) is 10.6 Å². The predicted octanol–water partition coefficient (Wildman–Crippen LogP) is 2.38. The molecule has 5 heteroatoms. The molecule has 1 saturated carbocycles. The Morgan fingerprint density at radius 1 is 1.35 bits per heavy atom. The van der Waals surface area contributed by atoms with Gasteiger partial charge in [0.05, 0.1) is 12.2 Å². The third-order valence-corrected chi connectivity index (χ3v) is 3.47. The van der Waals surface area contributed by atoms with Crippen LogP contribution >= 0.6 is 0 Å². The van der Waals surface area contributed by atoms with Crippen molar-refractivity contribution >= 4 is 17.3 Å². The zero-order valence-corrected chi connectivity index (χ0v) is 11.5. The number of nitrogens with one attached hydrogen (secondary N) is 2. The SMILES string of the molecule is Cn1nccc1CNc1cccc(NC(=O)C2CC2)c1. The minimum Gasteiger partial charge on any atom is -0.379 e. The van der Waals surface area contributed by atoms with Crippen molar-refractivity contribution in [1.29, 1.82) is 0 Å². The minimum absolute atomic E-state index is 0.133. The number of amides is 1. The molecule has 1 aromatic carbocycles. The third kappa shape index (κ3) is 2.99. The summed E-state index contributed by atoms with van der Waals surface area (Å²) in [4.78, 5) is 11.7. The fraction of sp³-hybridized carbons (Fsp3) is 0.333. The summed E-state index contributed by atoms with van der Waals surface area (Å²) in [6.45, 7) is 0.705. The minimum atomic E-state index is 0.133. The van der Waals surface area contributed by atoms with E-state index in [4.69, 9.17) is 0 Å². The molecule has 0 bridgehead atoms. The highest BCUT2D eigenvalue weighted by molar-refractivity contribution is 5.94. The van der Waals surface area contributed by atoms with Crippen LogP contribution < -0.4 is 10.6 Å². The van der Waals surface area contributed by atoms with Crippen LogP contribution in [0, 0.1) is 5.92 Å². The number of anilines is 2. The van der Waals surface area contributed by atoms with Crippen LogP contribution in [0.1, 0.15) is 18.5 Å². The summed E-state index contributed by atoms with van der Waals surface area (Å²) in [5, 5.41) is 10.4. The molecular formula is C15H18N4O. The standard InChI is InChI=1S/C15H18N4O/c1-19-14(7-8-17-19)10-16-12-3-2-4-13(9-12)18-15(20)11-5-6-11/h2-4,7-9,11,16H,5-6,10H2,1H3,(H,18,20).